The molecule has 1 unspecified atom stereocenters. The van der Waals surface area contributed by atoms with E-state index >= 15 is 0 Å². The van der Waals surface area contributed by atoms with E-state index in [1.807, 2.05) is 24.3 Å². The molecule has 2 nitrogen and oxygen atoms in total. The molecule has 0 aromatic heterocycles. The number of hydrogen-bond acceptors (Lipinski definition) is 2. The van der Waals surface area contributed by atoms with E-state index in [0.29, 0.717) is 5.41 Å². The lowest BCUT2D eigenvalue weighted by molar-refractivity contribution is 0.0899. The molecule has 0 saturated carbocycles. The van der Waals surface area contributed by atoms with Gasteiger partial charge in [-0.05, 0) is 48.9 Å². The Morgan fingerprint density at radius 1 is 1.42 bits per heavy atom. The second-order valence-electron chi connectivity index (χ2n) is 6.40. The third-order valence-electron chi connectivity index (χ3n) is 3.93. The van der Waals surface area contributed by atoms with Crippen molar-refractivity contribution in [2.75, 3.05) is 19.6 Å². The van der Waals surface area contributed by atoms with Crippen molar-refractivity contribution in [3.05, 3.63) is 34.3 Å². The summed E-state index contributed by atoms with van der Waals surface area (Å²) in [4.78, 5) is 2.49. The number of aliphatic hydroxyl groups is 1. The molecule has 0 radical (unpaired) electrons. The maximum atomic E-state index is 10.3. The lowest BCUT2D eigenvalue weighted by Gasteiger charge is -2.38. The summed E-state index contributed by atoms with van der Waals surface area (Å²) >= 11 is 3.45. The van der Waals surface area contributed by atoms with Gasteiger partial charge in [0.15, 0.2) is 0 Å². The topological polar surface area (TPSA) is 23.5 Å². The van der Waals surface area contributed by atoms with Crippen LogP contribution in [0.3, 0.4) is 0 Å². The van der Waals surface area contributed by atoms with Gasteiger partial charge >= 0.3 is 0 Å². The quantitative estimate of drug-likeness (QED) is 0.904. The fourth-order valence-corrected chi connectivity index (χ4v) is 3.34. The first-order valence-electron chi connectivity index (χ1n) is 7.12. The summed E-state index contributed by atoms with van der Waals surface area (Å²) in [6.45, 7) is 7.98. The molecule has 1 fully saturated rings. The van der Waals surface area contributed by atoms with E-state index in [0.717, 1.165) is 29.5 Å². The zero-order chi connectivity index (χ0) is 13.9. The first-order chi connectivity index (χ1) is 8.96. The fourth-order valence-electron chi connectivity index (χ4n) is 2.92. The van der Waals surface area contributed by atoms with E-state index in [4.69, 9.17) is 0 Å². The maximum absolute atomic E-state index is 10.3. The van der Waals surface area contributed by atoms with Crippen LogP contribution in [-0.4, -0.2) is 29.6 Å². The summed E-state index contributed by atoms with van der Waals surface area (Å²) in [7, 11) is 0. The molecule has 2 rings (SSSR count). The smallest absolute Gasteiger partial charge is 0.0802 e. The van der Waals surface area contributed by atoms with Gasteiger partial charge in [-0.2, -0.15) is 0 Å². The van der Waals surface area contributed by atoms with Crippen molar-refractivity contribution >= 4 is 15.9 Å². The standard InChI is InChI=1S/C16H24BrNO/c1-16(2)8-4-9-18(12-16)10-7-15(19)13-5-3-6-14(17)11-13/h3,5-6,11,15,19H,4,7-10,12H2,1-2H3. The molecule has 19 heavy (non-hydrogen) atoms. The summed E-state index contributed by atoms with van der Waals surface area (Å²) in [6, 6.07) is 7.97. The zero-order valence-corrected chi connectivity index (χ0v) is 13.5. The summed E-state index contributed by atoms with van der Waals surface area (Å²) in [5.41, 5.74) is 1.43. The molecule has 1 aliphatic heterocycles. The number of hydrogen-bond donors (Lipinski definition) is 1. The van der Waals surface area contributed by atoms with Crippen molar-refractivity contribution in [3.63, 3.8) is 0 Å². The number of aliphatic hydroxyl groups excluding tert-OH is 1. The third kappa shape index (κ3) is 4.59. The van der Waals surface area contributed by atoms with E-state index < -0.39 is 0 Å². The molecule has 0 bridgehead atoms. The van der Waals surface area contributed by atoms with Crippen LogP contribution in [0, 0.1) is 5.41 Å². The van der Waals surface area contributed by atoms with Crippen molar-refractivity contribution in [3.8, 4) is 0 Å². The van der Waals surface area contributed by atoms with Crippen LogP contribution in [0.2, 0.25) is 0 Å². The molecule has 1 atom stereocenters. The Kier molecular flexibility index (Phi) is 5.04. The fraction of sp³-hybridized carbons (Fsp3) is 0.625. The number of benzene rings is 1. The average molecular weight is 326 g/mol. The molecule has 1 aromatic rings. The Balaban J connectivity index is 1.85. The molecule has 0 spiro atoms. The van der Waals surface area contributed by atoms with Gasteiger partial charge in [-0.15, -0.1) is 0 Å². The van der Waals surface area contributed by atoms with Crippen LogP contribution in [0.15, 0.2) is 28.7 Å². The SMILES string of the molecule is CC1(C)CCCN(CCC(O)c2cccc(Br)c2)C1. The van der Waals surface area contributed by atoms with Crippen LogP contribution in [0.4, 0.5) is 0 Å². The Labute approximate surface area is 124 Å². The van der Waals surface area contributed by atoms with Crippen LogP contribution in [-0.2, 0) is 0 Å². The summed E-state index contributed by atoms with van der Waals surface area (Å²) in [6.07, 6.45) is 3.05. The minimum absolute atomic E-state index is 0.359. The highest BCUT2D eigenvalue weighted by molar-refractivity contribution is 9.10. The first kappa shape index (κ1) is 15.0. The second kappa shape index (κ2) is 6.38. The van der Waals surface area contributed by atoms with E-state index in [1.165, 1.54) is 19.4 Å². The Bertz CT molecular complexity index is 419. The Morgan fingerprint density at radius 3 is 2.89 bits per heavy atom. The summed E-state index contributed by atoms with van der Waals surface area (Å²) in [5, 5.41) is 10.3. The molecule has 1 aliphatic rings. The summed E-state index contributed by atoms with van der Waals surface area (Å²) in [5.74, 6) is 0. The molecule has 1 aromatic carbocycles. The number of likely N-dealkylation sites (tertiary alicyclic amines) is 1. The number of rotatable bonds is 4. The van der Waals surface area contributed by atoms with E-state index in [9.17, 15) is 5.11 Å². The van der Waals surface area contributed by atoms with E-state index in [-0.39, 0.29) is 6.10 Å². The molecule has 1 N–H and O–H groups in total. The van der Waals surface area contributed by atoms with Gasteiger partial charge in [0.05, 0.1) is 6.10 Å². The van der Waals surface area contributed by atoms with Crippen LogP contribution < -0.4 is 0 Å². The maximum Gasteiger partial charge on any atom is 0.0802 e. The van der Waals surface area contributed by atoms with E-state index in [1.54, 1.807) is 0 Å². The second-order valence-corrected chi connectivity index (χ2v) is 7.32. The molecular formula is C16H24BrNO. The van der Waals surface area contributed by atoms with Gasteiger partial charge in [0, 0.05) is 17.6 Å². The molecule has 1 heterocycles. The monoisotopic (exact) mass is 325 g/mol. The van der Waals surface area contributed by atoms with Crippen LogP contribution in [0.1, 0.15) is 44.8 Å². The highest BCUT2D eigenvalue weighted by atomic mass is 79.9. The van der Waals surface area contributed by atoms with Gasteiger partial charge in [0.1, 0.15) is 0 Å². The molecule has 106 valence electrons. The minimum Gasteiger partial charge on any atom is -0.388 e. The van der Waals surface area contributed by atoms with Crippen LogP contribution in [0.25, 0.3) is 0 Å². The van der Waals surface area contributed by atoms with Crippen molar-refractivity contribution in [2.45, 2.75) is 39.2 Å². The Morgan fingerprint density at radius 2 is 2.21 bits per heavy atom. The summed E-state index contributed by atoms with van der Waals surface area (Å²) < 4.78 is 1.03. The van der Waals surface area contributed by atoms with Gasteiger partial charge in [0.25, 0.3) is 0 Å². The zero-order valence-electron chi connectivity index (χ0n) is 11.9. The van der Waals surface area contributed by atoms with Crippen molar-refractivity contribution < 1.29 is 5.11 Å². The molecule has 3 heteroatoms. The normalized spacial score (nSPS) is 21.3. The predicted molar refractivity (Wildman–Crippen MR) is 83.2 cm³/mol. The molecular weight excluding hydrogens is 302 g/mol. The van der Waals surface area contributed by atoms with Crippen molar-refractivity contribution in [1.82, 2.24) is 4.90 Å². The van der Waals surface area contributed by atoms with Gasteiger partial charge in [0.2, 0.25) is 0 Å². The number of piperidine rings is 1. The first-order valence-corrected chi connectivity index (χ1v) is 7.91. The minimum atomic E-state index is -0.359. The Hall–Kier alpha value is -0.380. The average Bonchev–Trinajstić information content (AvgIpc) is 2.35. The lowest BCUT2D eigenvalue weighted by Crippen LogP contribution is -2.40. The van der Waals surface area contributed by atoms with Gasteiger partial charge < -0.3 is 10.0 Å². The number of nitrogens with zero attached hydrogens (tertiary/aromatic N) is 1. The molecule has 0 aliphatic carbocycles. The van der Waals surface area contributed by atoms with Gasteiger partial charge in [-0.3, -0.25) is 0 Å². The third-order valence-corrected chi connectivity index (χ3v) is 4.42. The van der Waals surface area contributed by atoms with Crippen molar-refractivity contribution in [2.24, 2.45) is 5.41 Å². The van der Waals surface area contributed by atoms with Gasteiger partial charge in [-0.25, -0.2) is 0 Å². The highest BCUT2D eigenvalue weighted by Gasteiger charge is 2.26. The highest BCUT2D eigenvalue weighted by Crippen LogP contribution is 2.29. The largest absolute Gasteiger partial charge is 0.388 e. The van der Waals surface area contributed by atoms with Crippen LogP contribution in [0.5, 0.6) is 0 Å². The molecule has 0 amide bonds. The van der Waals surface area contributed by atoms with Crippen molar-refractivity contribution in [1.29, 1.82) is 0 Å². The lowest BCUT2D eigenvalue weighted by atomic mass is 9.84. The predicted octanol–water partition coefficient (Wildman–Crippen LogP) is 3.99. The van der Waals surface area contributed by atoms with E-state index in [2.05, 4.69) is 34.7 Å². The molecule has 1 saturated heterocycles. The van der Waals surface area contributed by atoms with Gasteiger partial charge in [-0.1, -0.05) is 41.9 Å². The van der Waals surface area contributed by atoms with Crippen LogP contribution >= 0.6 is 15.9 Å². The number of halogens is 1.